The minimum absolute atomic E-state index is 0.0164. The van der Waals surface area contributed by atoms with Crippen molar-refractivity contribution < 1.29 is 14.3 Å². The Morgan fingerprint density at radius 3 is 2.43 bits per heavy atom. The quantitative estimate of drug-likeness (QED) is 0.705. The molecule has 1 aromatic heterocycles. The van der Waals surface area contributed by atoms with Gasteiger partial charge in [0.2, 0.25) is 5.95 Å². The van der Waals surface area contributed by atoms with Gasteiger partial charge in [0.15, 0.2) is 5.78 Å². The van der Waals surface area contributed by atoms with Crippen molar-refractivity contribution in [2.24, 2.45) is 7.05 Å². The molecule has 2 atom stereocenters. The van der Waals surface area contributed by atoms with Gasteiger partial charge in [0.05, 0.1) is 23.0 Å². The first-order valence-electron chi connectivity index (χ1n) is 10.2. The number of carbonyl (C=O) groups excluding carboxylic acids is 2. The fourth-order valence-electron chi connectivity index (χ4n) is 4.49. The van der Waals surface area contributed by atoms with Gasteiger partial charge in [0.1, 0.15) is 5.60 Å². The molecule has 2 fully saturated rings. The van der Waals surface area contributed by atoms with E-state index in [0.717, 1.165) is 12.0 Å². The Morgan fingerprint density at radius 2 is 1.87 bits per heavy atom. The SMILES string of the molecule is CC(=O)c1cc(C)cc2c(=O)n(C)c(N3CC4CC3CN4C(=O)OC(C)(C)C)nc12. The van der Waals surface area contributed by atoms with Crippen LogP contribution >= 0.6 is 0 Å². The number of benzene rings is 1. The van der Waals surface area contributed by atoms with E-state index in [1.807, 2.05) is 27.7 Å². The number of aromatic nitrogens is 2. The second-order valence-electron chi connectivity index (χ2n) is 9.37. The maximum absolute atomic E-state index is 13.1. The highest BCUT2D eigenvalue weighted by molar-refractivity contribution is 6.05. The van der Waals surface area contributed by atoms with Crippen LogP contribution < -0.4 is 10.5 Å². The number of likely N-dealkylation sites (tertiary alicyclic amines) is 1. The molecular weight excluding hydrogens is 384 g/mol. The van der Waals surface area contributed by atoms with Crippen LogP contribution in [0.1, 0.15) is 50.0 Å². The lowest BCUT2D eigenvalue weighted by Gasteiger charge is -2.36. The number of aryl methyl sites for hydroxylation is 1. The number of hydrogen-bond donors (Lipinski definition) is 0. The monoisotopic (exact) mass is 412 g/mol. The molecule has 2 unspecified atom stereocenters. The molecule has 0 spiro atoms. The lowest BCUT2D eigenvalue weighted by Crippen LogP contribution is -2.51. The third-order valence-electron chi connectivity index (χ3n) is 5.81. The summed E-state index contributed by atoms with van der Waals surface area (Å²) in [5, 5.41) is 0.450. The van der Waals surface area contributed by atoms with Crippen molar-refractivity contribution in [2.75, 3.05) is 18.0 Å². The normalized spacial score (nSPS) is 20.9. The van der Waals surface area contributed by atoms with Gasteiger partial charge in [-0.25, -0.2) is 9.78 Å². The first-order valence-corrected chi connectivity index (χ1v) is 10.2. The minimum atomic E-state index is -0.538. The van der Waals surface area contributed by atoms with Crippen LogP contribution in [-0.2, 0) is 11.8 Å². The molecule has 0 N–H and O–H groups in total. The summed E-state index contributed by atoms with van der Waals surface area (Å²) < 4.78 is 7.07. The number of fused-ring (bicyclic) bond motifs is 3. The van der Waals surface area contributed by atoms with E-state index in [0.29, 0.717) is 35.5 Å². The molecule has 2 aliphatic rings. The van der Waals surface area contributed by atoms with E-state index in [1.54, 1.807) is 28.6 Å². The van der Waals surface area contributed by atoms with E-state index >= 15 is 0 Å². The van der Waals surface area contributed by atoms with Gasteiger partial charge < -0.3 is 14.5 Å². The van der Waals surface area contributed by atoms with Gasteiger partial charge >= 0.3 is 6.09 Å². The number of amides is 1. The van der Waals surface area contributed by atoms with Crippen molar-refractivity contribution in [3.05, 3.63) is 33.6 Å². The van der Waals surface area contributed by atoms with Gasteiger partial charge in [-0.05, 0) is 58.7 Å². The average molecular weight is 412 g/mol. The van der Waals surface area contributed by atoms with Gasteiger partial charge in [0, 0.05) is 25.7 Å². The van der Waals surface area contributed by atoms with Crippen LogP contribution in [0.2, 0.25) is 0 Å². The minimum Gasteiger partial charge on any atom is -0.444 e. The number of hydrogen-bond acceptors (Lipinski definition) is 6. The maximum atomic E-state index is 13.1. The van der Waals surface area contributed by atoms with Gasteiger partial charge in [-0.2, -0.15) is 0 Å². The number of carbonyl (C=O) groups is 2. The summed E-state index contributed by atoms with van der Waals surface area (Å²) in [6.45, 7) is 10.0. The third kappa shape index (κ3) is 3.34. The summed E-state index contributed by atoms with van der Waals surface area (Å²) in [5.74, 6) is 0.421. The van der Waals surface area contributed by atoms with Crippen LogP contribution in [0, 0.1) is 6.92 Å². The summed E-state index contributed by atoms with van der Waals surface area (Å²) >= 11 is 0. The first kappa shape index (κ1) is 20.4. The highest BCUT2D eigenvalue weighted by atomic mass is 16.6. The van der Waals surface area contributed by atoms with Gasteiger partial charge in [-0.3, -0.25) is 14.2 Å². The number of Topliss-reactive ketones (excluding diaryl/α,β-unsaturated/α-hetero) is 1. The molecule has 30 heavy (non-hydrogen) atoms. The molecule has 1 amide bonds. The first-order chi connectivity index (χ1) is 14.0. The van der Waals surface area contributed by atoms with E-state index in [-0.39, 0.29) is 29.5 Å². The molecule has 0 saturated carbocycles. The average Bonchev–Trinajstić information content (AvgIpc) is 3.23. The third-order valence-corrected chi connectivity index (χ3v) is 5.81. The van der Waals surface area contributed by atoms with E-state index in [1.165, 1.54) is 6.92 Å². The molecular formula is C22H28N4O4. The van der Waals surface area contributed by atoms with Crippen LogP contribution in [0.4, 0.5) is 10.7 Å². The van der Waals surface area contributed by atoms with Crippen molar-refractivity contribution >= 4 is 28.7 Å². The van der Waals surface area contributed by atoms with Crippen molar-refractivity contribution in [1.82, 2.24) is 14.5 Å². The van der Waals surface area contributed by atoms with Gasteiger partial charge in [-0.1, -0.05) is 0 Å². The van der Waals surface area contributed by atoms with E-state index in [4.69, 9.17) is 9.72 Å². The fraction of sp³-hybridized carbons (Fsp3) is 0.545. The Hall–Kier alpha value is -2.90. The zero-order chi connectivity index (χ0) is 22.0. The van der Waals surface area contributed by atoms with Crippen molar-refractivity contribution in [3.63, 3.8) is 0 Å². The zero-order valence-corrected chi connectivity index (χ0v) is 18.4. The molecule has 1 aromatic carbocycles. The van der Waals surface area contributed by atoms with Crippen LogP contribution in [0.15, 0.2) is 16.9 Å². The Morgan fingerprint density at radius 1 is 1.17 bits per heavy atom. The van der Waals surface area contributed by atoms with E-state index in [2.05, 4.69) is 4.90 Å². The molecule has 0 radical (unpaired) electrons. The topological polar surface area (TPSA) is 84.7 Å². The standard InChI is InChI=1S/C22H28N4O4/c1-12-7-16(13(2)27)18-17(8-12)19(28)24(6)20(23-18)25-10-15-9-14(25)11-26(15)21(29)30-22(3,4)5/h7-8,14-15H,9-11H2,1-6H3. The summed E-state index contributed by atoms with van der Waals surface area (Å²) in [4.78, 5) is 46.4. The number of nitrogens with zero attached hydrogens (tertiary/aromatic N) is 4. The molecule has 2 bridgehead atoms. The van der Waals surface area contributed by atoms with Gasteiger partial charge in [0.25, 0.3) is 5.56 Å². The highest BCUT2D eigenvalue weighted by Crippen LogP contribution is 2.35. The van der Waals surface area contributed by atoms with Gasteiger partial charge in [-0.15, -0.1) is 0 Å². The summed E-state index contributed by atoms with van der Waals surface area (Å²) in [6.07, 6.45) is 0.505. The van der Waals surface area contributed by atoms with Crippen molar-refractivity contribution in [3.8, 4) is 0 Å². The molecule has 2 saturated heterocycles. The molecule has 2 aliphatic heterocycles. The van der Waals surface area contributed by atoms with Crippen molar-refractivity contribution in [2.45, 2.75) is 58.7 Å². The van der Waals surface area contributed by atoms with E-state index in [9.17, 15) is 14.4 Å². The number of anilines is 1. The van der Waals surface area contributed by atoms with Crippen molar-refractivity contribution in [1.29, 1.82) is 0 Å². The van der Waals surface area contributed by atoms with Crippen LogP contribution in [-0.4, -0.2) is 57.1 Å². The molecule has 160 valence electrons. The predicted octanol–water partition coefficient (Wildman–Crippen LogP) is 2.64. The lowest BCUT2D eigenvalue weighted by molar-refractivity contribution is 0.0214. The fourth-order valence-corrected chi connectivity index (χ4v) is 4.49. The van der Waals surface area contributed by atoms with Crippen LogP contribution in [0.5, 0.6) is 0 Å². The second kappa shape index (κ2) is 6.82. The van der Waals surface area contributed by atoms with Crippen LogP contribution in [0.3, 0.4) is 0 Å². The summed E-state index contributed by atoms with van der Waals surface area (Å²) in [7, 11) is 1.71. The molecule has 0 aliphatic carbocycles. The second-order valence-corrected chi connectivity index (χ2v) is 9.37. The summed E-state index contributed by atoms with van der Waals surface area (Å²) in [6, 6.07) is 3.63. The molecule has 8 heteroatoms. The molecule has 3 heterocycles. The van der Waals surface area contributed by atoms with Crippen LogP contribution in [0.25, 0.3) is 10.9 Å². The number of piperazine rings is 1. The maximum Gasteiger partial charge on any atom is 0.410 e. The predicted molar refractivity (Wildman–Crippen MR) is 114 cm³/mol. The Balaban J connectivity index is 1.69. The number of ketones is 1. The highest BCUT2D eigenvalue weighted by Gasteiger charge is 2.47. The largest absolute Gasteiger partial charge is 0.444 e. The Labute approximate surface area is 175 Å². The Bertz CT molecular complexity index is 1110. The number of ether oxygens (including phenoxy) is 1. The zero-order valence-electron chi connectivity index (χ0n) is 18.4. The smallest absolute Gasteiger partial charge is 0.410 e. The molecule has 2 aromatic rings. The number of rotatable bonds is 2. The Kier molecular flexibility index (Phi) is 4.63. The molecule has 4 rings (SSSR count). The molecule has 8 nitrogen and oxygen atoms in total. The lowest BCUT2D eigenvalue weighted by atomic mass is 10.0. The van der Waals surface area contributed by atoms with E-state index < -0.39 is 5.60 Å². The summed E-state index contributed by atoms with van der Waals surface area (Å²) in [5.41, 5.74) is 1.05.